The van der Waals surface area contributed by atoms with Gasteiger partial charge in [-0.2, -0.15) is 0 Å². The summed E-state index contributed by atoms with van der Waals surface area (Å²) in [6.07, 6.45) is 1.33. The molecule has 1 aliphatic rings. The first-order valence-electron chi connectivity index (χ1n) is 9.68. The van der Waals surface area contributed by atoms with Crippen molar-refractivity contribution in [3.8, 4) is 5.75 Å². The van der Waals surface area contributed by atoms with Crippen LogP contribution in [-0.2, 0) is 19.1 Å². The van der Waals surface area contributed by atoms with Crippen LogP contribution in [0.2, 0.25) is 0 Å². The number of esters is 1. The molecule has 0 bridgehead atoms. The zero-order valence-corrected chi connectivity index (χ0v) is 17.4. The van der Waals surface area contributed by atoms with Crippen molar-refractivity contribution in [1.29, 1.82) is 0 Å². The number of carbonyl (C=O) groups is 4. The van der Waals surface area contributed by atoms with Gasteiger partial charge >= 0.3 is 12.0 Å². The number of hydrogen-bond donors (Lipinski definition) is 1. The van der Waals surface area contributed by atoms with Crippen molar-refractivity contribution >= 4 is 35.6 Å². The average molecular weight is 422 g/mol. The van der Waals surface area contributed by atoms with Crippen LogP contribution in [0.25, 0.3) is 6.08 Å². The fourth-order valence-electron chi connectivity index (χ4n) is 2.98. The number of rotatable bonds is 6. The summed E-state index contributed by atoms with van der Waals surface area (Å²) in [5.74, 6) is -1.81. The molecule has 3 rings (SSSR count). The van der Waals surface area contributed by atoms with Gasteiger partial charge in [0, 0.05) is 5.56 Å². The van der Waals surface area contributed by atoms with Crippen LogP contribution in [0.15, 0.2) is 48.0 Å². The Morgan fingerprint density at radius 1 is 1.06 bits per heavy atom. The van der Waals surface area contributed by atoms with E-state index in [9.17, 15) is 19.2 Å². The molecule has 1 N–H and O–H groups in total. The Balaban J connectivity index is 1.93. The van der Waals surface area contributed by atoms with Gasteiger partial charge in [0.2, 0.25) is 0 Å². The van der Waals surface area contributed by atoms with Crippen molar-refractivity contribution in [1.82, 2.24) is 5.32 Å². The number of carbonyl (C=O) groups excluding carboxylic acids is 4. The fraction of sp³-hybridized carbons (Fsp3) is 0.217. The van der Waals surface area contributed by atoms with Gasteiger partial charge in [-0.15, -0.1) is 0 Å². The van der Waals surface area contributed by atoms with E-state index >= 15 is 0 Å². The summed E-state index contributed by atoms with van der Waals surface area (Å²) >= 11 is 0. The number of urea groups is 1. The fourth-order valence-corrected chi connectivity index (χ4v) is 2.98. The highest BCUT2D eigenvalue weighted by atomic mass is 16.6. The number of barbiturate groups is 1. The first-order valence-corrected chi connectivity index (χ1v) is 9.68. The minimum Gasteiger partial charge on any atom is -0.481 e. The Morgan fingerprint density at radius 2 is 1.81 bits per heavy atom. The number of amides is 4. The molecule has 1 saturated heterocycles. The predicted octanol–water partition coefficient (Wildman–Crippen LogP) is 2.91. The lowest BCUT2D eigenvalue weighted by Gasteiger charge is -2.27. The summed E-state index contributed by atoms with van der Waals surface area (Å²) in [5.41, 5.74) is 2.44. The van der Waals surface area contributed by atoms with Crippen molar-refractivity contribution in [2.24, 2.45) is 0 Å². The van der Waals surface area contributed by atoms with Crippen molar-refractivity contribution in [3.05, 3.63) is 64.7 Å². The number of hydrogen-bond acceptors (Lipinski definition) is 6. The zero-order chi connectivity index (χ0) is 22.5. The molecule has 8 heteroatoms. The van der Waals surface area contributed by atoms with E-state index in [0.29, 0.717) is 17.0 Å². The minimum atomic E-state index is -0.817. The molecule has 8 nitrogen and oxygen atoms in total. The zero-order valence-electron chi connectivity index (χ0n) is 17.4. The van der Waals surface area contributed by atoms with Crippen molar-refractivity contribution in [2.45, 2.75) is 20.8 Å². The number of nitrogens with one attached hydrogen (secondary N) is 1. The van der Waals surface area contributed by atoms with Crippen LogP contribution >= 0.6 is 0 Å². The van der Waals surface area contributed by atoms with Gasteiger partial charge < -0.3 is 9.47 Å². The second kappa shape index (κ2) is 9.25. The van der Waals surface area contributed by atoms with Crippen molar-refractivity contribution in [2.75, 3.05) is 18.1 Å². The average Bonchev–Trinajstić information content (AvgIpc) is 2.73. The van der Waals surface area contributed by atoms with Crippen LogP contribution in [0.1, 0.15) is 23.6 Å². The smallest absolute Gasteiger partial charge is 0.344 e. The highest BCUT2D eigenvalue weighted by Gasteiger charge is 2.37. The molecular weight excluding hydrogens is 400 g/mol. The lowest BCUT2D eigenvalue weighted by atomic mass is 10.0. The van der Waals surface area contributed by atoms with E-state index in [1.807, 2.05) is 13.8 Å². The summed E-state index contributed by atoms with van der Waals surface area (Å²) in [6.45, 7) is 5.38. The molecule has 1 heterocycles. The van der Waals surface area contributed by atoms with E-state index in [1.165, 1.54) is 6.08 Å². The predicted molar refractivity (Wildman–Crippen MR) is 113 cm³/mol. The number of imide groups is 2. The molecule has 2 aromatic carbocycles. The van der Waals surface area contributed by atoms with Gasteiger partial charge in [-0.3, -0.25) is 14.9 Å². The standard InChI is InChI=1S/C23H22N2O6/c1-4-30-20(26)13-31-19-8-6-5-7-16(19)12-18-21(27)24-23(29)25(22(18)28)17-10-9-14(2)15(3)11-17/h5-12H,4,13H2,1-3H3,(H,24,27,29)/b18-12+. The summed E-state index contributed by atoms with van der Waals surface area (Å²) in [4.78, 5) is 50.4. The number of ether oxygens (including phenoxy) is 2. The molecule has 160 valence electrons. The molecule has 1 aliphatic heterocycles. The highest BCUT2D eigenvalue weighted by molar-refractivity contribution is 6.39. The maximum atomic E-state index is 13.1. The normalized spacial score (nSPS) is 15.1. The molecule has 0 radical (unpaired) electrons. The van der Waals surface area contributed by atoms with E-state index in [4.69, 9.17) is 9.47 Å². The Hall–Kier alpha value is -3.94. The largest absolute Gasteiger partial charge is 0.481 e. The molecule has 2 aromatic rings. The van der Waals surface area contributed by atoms with E-state index in [-0.39, 0.29) is 18.8 Å². The summed E-state index contributed by atoms with van der Waals surface area (Å²) in [7, 11) is 0. The first-order chi connectivity index (χ1) is 14.8. The molecule has 0 aliphatic carbocycles. The second-order valence-electron chi connectivity index (χ2n) is 6.86. The summed E-state index contributed by atoms with van der Waals surface area (Å²) in [6, 6.07) is 10.9. The third-order valence-corrected chi connectivity index (χ3v) is 4.72. The quantitative estimate of drug-likeness (QED) is 0.436. The van der Waals surface area contributed by atoms with E-state index in [1.54, 1.807) is 49.4 Å². The van der Waals surface area contributed by atoms with Gasteiger partial charge in [0.25, 0.3) is 11.8 Å². The molecule has 1 fully saturated rings. The number of aryl methyl sites for hydroxylation is 2. The second-order valence-corrected chi connectivity index (χ2v) is 6.86. The molecular formula is C23H22N2O6. The number of benzene rings is 2. The van der Waals surface area contributed by atoms with Crippen molar-refractivity contribution < 1.29 is 28.7 Å². The van der Waals surface area contributed by atoms with Gasteiger partial charge in [-0.05, 0) is 56.2 Å². The third-order valence-electron chi connectivity index (χ3n) is 4.72. The molecule has 0 aromatic heterocycles. The Kier molecular flexibility index (Phi) is 6.49. The summed E-state index contributed by atoms with van der Waals surface area (Å²) in [5, 5.41) is 2.19. The van der Waals surface area contributed by atoms with Crippen LogP contribution < -0.4 is 15.0 Å². The molecule has 0 atom stereocenters. The number of anilines is 1. The maximum Gasteiger partial charge on any atom is 0.344 e. The lowest BCUT2D eigenvalue weighted by Crippen LogP contribution is -2.54. The Morgan fingerprint density at radius 3 is 2.52 bits per heavy atom. The molecule has 0 spiro atoms. The first kappa shape index (κ1) is 21.8. The maximum absolute atomic E-state index is 13.1. The van der Waals surface area contributed by atoms with Gasteiger partial charge in [0.05, 0.1) is 12.3 Å². The van der Waals surface area contributed by atoms with Crippen LogP contribution in [-0.4, -0.2) is 37.0 Å². The topological polar surface area (TPSA) is 102 Å². The van der Waals surface area contributed by atoms with Gasteiger partial charge in [0.1, 0.15) is 11.3 Å². The monoisotopic (exact) mass is 422 g/mol. The lowest BCUT2D eigenvalue weighted by molar-refractivity contribution is -0.145. The Labute approximate surface area is 179 Å². The minimum absolute atomic E-state index is 0.227. The van der Waals surface area contributed by atoms with Crippen molar-refractivity contribution in [3.63, 3.8) is 0 Å². The van der Waals surface area contributed by atoms with Gasteiger partial charge in [-0.25, -0.2) is 14.5 Å². The molecule has 0 unspecified atom stereocenters. The SMILES string of the molecule is CCOC(=O)COc1ccccc1/C=C1\C(=O)NC(=O)N(c2ccc(C)c(C)c2)C1=O. The van der Waals surface area contributed by atoms with E-state index in [2.05, 4.69) is 5.32 Å². The van der Waals surface area contributed by atoms with Crippen LogP contribution in [0.5, 0.6) is 5.75 Å². The van der Waals surface area contributed by atoms with Gasteiger partial charge in [0.15, 0.2) is 6.61 Å². The van der Waals surface area contributed by atoms with Crippen LogP contribution in [0, 0.1) is 13.8 Å². The number of nitrogens with zero attached hydrogens (tertiary/aromatic N) is 1. The third kappa shape index (κ3) is 4.80. The number of para-hydroxylation sites is 1. The molecule has 0 saturated carbocycles. The molecule has 4 amide bonds. The molecule has 31 heavy (non-hydrogen) atoms. The Bertz CT molecular complexity index is 1090. The van der Waals surface area contributed by atoms with Crippen LogP contribution in [0.4, 0.5) is 10.5 Å². The summed E-state index contributed by atoms with van der Waals surface area (Å²) < 4.78 is 10.3. The van der Waals surface area contributed by atoms with E-state index in [0.717, 1.165) is 16.0 Å². The highest BCUT2D eigenvalue weighted by Crippen LogP contribution is 2.26. The van der Waals surface area contributed by atoms with Crippen LogP contribution in [0.3, 0.4) is 0 Å². The van der Waals surface area contributed by atoms with Gasteiger partial charge in [-0.1, -0.05) is 24.3 Å². The van der Waals surface area contributed by atoms with E-state index < -0.39 is 23.8 Å².